The lowest BCUT2D eigenvalue weighted by molar-refractivity contribution is -0.385. The average Bonchev–Trinajstić information content (AvgIpc) is 2.92. The molecule has 0 aliphatic rings. The van der Waals surface area contributed by atoms with Crippen molar-refractivity contribution in [3.63, 3.8) is 0 Å². The average molecular weight is 520 g/mol. The van der Waals surface area contributed by atoms with Crippen molar-refractivity contribution in [1.82, 2.24) is 5.32 Å². The van der Waals surface area contributed by atoms with E-state index in [2.05, 4.69) is 10.6 Å². The second kappa shape index (κ2) is 13.2. The van der Waals surface area contributed by atoms with E-state index in [0.29, 0.717) is 29.1 Å². The van der Waals surface area contributed by atoms with Gasteiger partial charge >= 0.3 is 6.03 Å². The second-order valence-electron chi connectivity index (χ2n) is 7.91. The smallest absolute Gasteiger partial charge is 0.326 e. The number of nitrogens with one attached hydrogen (secondary N) is 2. The molecule has 3 aromatic rings. The van der Waals surface area contributed by atoms with Crippen LogP contribution < -0.4 is 20.3 Å². The molecule has 0 radical (unpaired) electrons. The normalized spacial score (nSPS) is 10.6. The zero-order valence-electron chi connectivity index (χ0n) is 20.4. The van der Waals surface area contributed by atoms with E-state index in [0.717, 1.165) is 0 Å². The van der Waals surface area contributed by atoms with Gasteiger partial charge in [0.15, 0.2) is 0 Å². The number of carbonyl (C=O) groups is 2. The number of ether oxygens (including phenoxy) is 1. The van der Waals surface area contributed by atoms with Crippen molar-refractivity contribution in [1.29, 1.82) is 0 Å². The van der Waals surface area contributed by atoms with Crippen molar-refractivity contribution in [2.45, 2.75) is 6.42 Å². The third-order valence-corrected chi connectivity index (χ3v) is 5.35. The monoisotopic (exact) mass is 519 g/mol. The highest BCUT2D eigenvalue weighted by Crippen LogP contribution is 2.22. The van der Waals surface area contributed by atoms with Crippen molar-refractivity contribution < 1.29 is 24.2 Å². The van der Waals surface area contributed by atoms with Gasteiger partial charge in [-0.3, -0.25) is 29.9 Å². The number of benzene rings is 3. The van der Waals surface area contributed by atoms with Gasteiger partial charge in [0.2, 0.25) is 5.91 Å². The summed E-state index contributed by atoms with van der Waals surface area (Å²) in [6, 6.07) is 17.7. The van der Waals surface area contributed by atoms with Crippen LogP contribution in [0.25, 0.3) is 6.08 Å². The molecule has 12 nitrogen and oxygen atoms in total. The minimum atomic E-state index is -0.523. The zero-order valence-corrected chi connectivity index (χ0v) is 20.4. The summed E-state index contributed by atoms with van der Waals surface area (Å²) in [5.41, 5.74) is 1.50. The lowest BCUT2D eigenvalue weighted by Crippen LogP contribution is -2.37. The molecule has 0 atom stereocenters. The standard InChI is InChI=1S/C26H25N5O7/c1-38-24-14-12-21(13-15-24)29(26(33)28-20-6-10-23(11-7-20)31(36)37)18-2-17-27-25(32)16-5-19-3-8-22(9-4-19)30(34)35/h3-16H,2,17-18H2,1H3,(H,27,32)(H,28,33)/b16-5+. The maximum absolute atomic E-state index is 13.0. The molecule has 0 bridgehead atoms. The summed E-state index contributed by atoms with van der Waals surface area (Å²) in [5.74, 6) is 0.270. The van der Waals surface area contributed by atoms with Gasteiger partial charge in [0, 0.05) is 54.8 Å². The highest BCUT2D eigenvalue weighted by molar-refractivity contribution is 6.01. The van der Waals surface area contributed by atoms with Gasteiger partial charge in [-0.1, -0.05) is 0 Å². The first-order valence-electron chi connectivity index (χ1n) is 11.4. The number of methoxy groups -OCH3 is 1. The van der Waals surface area contributed by atoms with Crippen LogP contribution in [-0.4, -0.2) is 42.0 Å². The maximum Gasteiger partial charge on any atom is 0.326 e. The van der Waals surface area contributed by atoms with E-state index in [1.807, 2.05) is 0 Å². The SMILES string of the molecule is COc1ccc(N(CCCNC(=O)/C=C/c2ccc([N+](=O)[O-])cc2)C(=O)Nc2ccc([N+](=O)[O-])cc2)cc1. The van der Waals surface area contributed by atoms with Crippen LogP contribution in [0.3, 0.4) is 0 Å². The van der Waals surface area contributed by atoms with Crippen molar-refractivity contribution in [2.24, 2.45) is 0 Å². The molecule has 0 saturated heterocycles. The highest BCUT2D eigenvalue weighted by Gasteiger charge is 2.17. The molecule has 0 aliphatic heterocycles. The van der Waals surface area contributed by atoms with Crippen LogP contribution in [-0.2, 0) is 4.79 Å². The molecule has 0 spiro atoms. The minimum Gasteiger partial charge on any atom is -0.497 e. The fraction of sp³-hybridized carbons (Fsp3) is 0.154. The van der Waals surface area contributed by atoms with Crippen LogP contribution in [0.1, 0.15) is 12.0 Å². The van der Waals surface area contributed by atoms with Crippen LogP contribution in [0.15, 0.2) is 78.9 Å². The van der Waals surface area contributed by atoms with Crippen molar-refractivity contribution >= 4 is 40.8 Å². The molecule has 2 N–H and O–H groups in total. The number of amides is 3. The summed E-state index contributed by atoms with van der Waals surface area (Å²) < 4.78 is 5.17. The fourth-order valence-electron chi connectivity index (χ4n) is 3.35. The predicted octanol–water partition coefficient (Wildman–Crippen LogP) is 4.77. The molecule has 196 valence electrons. The first-order valence-corrected chi connectivity index (χ1v) is 11.4. The minimum absolute atomic E-state index is 0.0365. The van der Waals surface area contributed by atoms with Gasteiger partial charge in [-0.05, 0) is 66.6 Å². The molecule has 3 amide bonds. The Morgan fingerprint density at radius 3 is 2.03 bits per heavy atom. The molecular weight excluding hydrogens is 494 g/mol. The number of nitrogens with zero attached hydrogens (tertiary/aromatic N) is 3. The largest absolute Gasteiger partial charge is 0.497 e. The second-order valence-corrected chi connectivity index (χ2v) is 7.91. The van der Waals surface area contributed by atoms with Crippen LogP contribution >= 0.6 is 0 Å². The molecule has 3 aromatic carbocycles. The number of anilines is 2. The summed E-state index contributed by atoms with van der Waals surface area (Å²) in [4.78, 5) is 47.3. The molecule has 3 rings (SSSR count). The van der Waals surface area contributed by atoms with E-state index < -0.39 is 15.9 Å². The quantitative estimate of drug-likeness (QED) is 0.160. The lowest BCUT2D eigenvalue weighted by Gasteiger charge is -2.23. The predicted molar refractivity (Wildman–Crippen MR) is 142 cm³/mol. The number of nitro groups is 2. The summed E-state index contributed by atoms with van der Waals surface area (Å²) in [5, 5.41) is 27.1. The molecule has 0 aliphatic carbocycles. The van der Waals surface area contributed by atoms with Gasteiger partial charge in [-0.15, -0.1) is 0 Å². The van der Waals surface area contributed by atoms with Crippen LogP contribution in [0, 0.1) is 20.2 Å². The number of carbonyl (C=O) groups excluding carboxylic acids is 2. The lowest BCUT2D eigenvalue weighted by atomic mass is 10.2. The Labute approximate surface area is 217 Å². The Balaban J connectivity index is 1.58. The number of hydrogen-bond acceptors (Lipinski definition) is 7. The van der Waals surface area contributed by atoms with Gasteiger partial charge < -0.3 is 15.4 Å². The number of urea groups is 1. The van der Waals surface area contributed by atoms with Gasteiger partial charge in [-0.2, -0.15) is 0 Å². The Morgan fingerprint density at radius 1 is 0.895 bits per heavy atom. The Hall–Kier alpha value is -5.26. The Bertz CT molecular complexity index is 1310. The Kier molecular flexibility index (Phi) is 9.46. The number of nitro benzene ring substituents is 2. The van der Waals surface area contributed by atoms with Crippen LogP contribution in [0.5, 0.6) is 5.75 Å². The molecular formula is C26H25N5O7. The molecule has 0 aromatic heterocycles. The maximum atomic E-state index is 13.0. The molecule has 0 fully saturated rings. The molecule has 0 heterocycles. The fourth-order valence-corrected chi connectivity index (χ4v) is 3.35. The topological polar surface area (TPSA) is 157 Å². The van der Waals surface area contributed by atoms with E-state index >= 15 is 0 Å². The van der Waals surface area contributed by atoms with Gasteiger partial charge in [-0.25, -0.2) is 4.79 Å². The van der Waals surface area contributed by atoms with Gasteiger partial charge in [0.25, 0.3) is 11.4 Å². The number of rotatable bonds is 11. The summed E-state index contributed by atoms with van der Waals surface area (Å²) >= 11 is 0. The van der Waals surface area contributed by atoms with E-state index in [9.17, 15) is 29.8 Å². The van der Waals surface area contributed by atoms with Crippen molar-refractivity contribution in [2.75, 3.05) is 30.4 Å². The summed E-state index contributed by atoms with van der Waals surface area (Å²) in [7, 11) is 1.53. The van der Waals surface area contributed by atoms with E-state index in [1.54, 1.807) is 30.3 Å². The van der Waals surface area contributed by atoms with Crippen molar-refractivity contribution in [3.8, 4) is 5.75 Å². The third kappa shape index (κ3) is 7.88. The molecule has 38 heavy (non-hydrogen) atoms. The summed E-state index contributed by atoms with van der Waals surface area (Å²) in [6.45, 7) is 0.540. The first-order chi connectivity index (χ1) is 18.3. The van der Waals surface area contributed by atoms with E-state index in [1.165, 1.54) is 66.6 Å². The third-order valence-electron chi connectivity index (χ3n) is 5.35. The van der Waals surface area contributed by atoms with Gasteiger partial charge in [0.1, 0.15) is 5.75 Å². The molecule has 0 saturated carbocycles. The Morgan fingerprint density at radius 2 is 1.47 bits per heavy atom. The molecule has 0 unspecified atom stereocenters. The van der Waals surface area contributed by atoms with Gasteiger partial charge in [0.05, 0.1) is 17.0 Å². The zero-order chi connectivity index (χ0) is 27.5. The first kappa shape index (κ1) is 27.3. The summed E-state index contributed by atoms with van der Waals surface area (Å²) in [6.07, 6.45) is 3.29. The van der Waals surface area contributed by atoms with Crippen molar-refractivity contribution in [3.05, 3.63) is 105 Å². The highest BCUT2D eigenvalue weighted by atomic mass is 16.6. The van der Waals surface area contributed by atoms with Crippen LogP contribution in [0.2, 0.25) is 0 Å². The van der Waals surface area contributed by atoms with E-state index in [-0.39, 0.29) is 30.4 Å². The van der Waals surface area contributed by atoms with E-state index in [4.69, 9.17) is 4.74 Å². The molecule has 12 heteroatoms. The number of hydrogen-bond donors (Lipinski definition) is 2. The van der Waals surface area contributed by atoms with Crippen LogP contribution in [0.4, 0.5) is 27.5 Å². The number of non-ortho nitro benzene ring substituents is 2.